The monoisotopic (exact) mass is 305 g/mol. The average molecular weight is 305 g/mol. The van der Waals surface area contributed by atoms with Gasteiger partial charge in [-0.3, -0.25) is 4.90 Å². The maximum atomic E-state index is 10.1. The Morgan fingerprint density at radius 2 is 2.14 bits per heavy atom. The Kier molecular flexibility index (Phi) is 9.52. The van der Waals surface area contributed by atoms with E-state index >= 15 is 0 Å². The topological polar surface area (TPSA) is 41.9 Å². The maximum Gasteiger partial charge on any atom is 0.107 e. The normalized spacial score (nSPS) is 12.3. The second-order valence-electron chi connectivity index (χ2n) is 5.38. The van der Waals surface area contributed by atoms with E-state index in [0.29, 0.717) is 13.2 Å². The quantitative estimate of drug-likeness (QED) is 0.500. The third-order valence-corrected chi connectivity index (χ3v) is 3.44. The summed E-state index contributed by atoms with van der Waals surface area (Å²) in [7, 11) is 1.70. The molecular formula is C18H27NO3. The highest BCUT2D eigenvalue weighted by Gasteiger charge is 2.13. The van der Waals surface area contributed by atoms with Gasteiger partial charge in [-0.05, 0) is 24.5 Å². The van der Waals surface area contributed by atoms with Crippen molar-refractivity contribution < 1.29 is 14.6 Å². The van der Waals surface area contributed by atoms with Gasteiger partial charge in [0.2, 0.25) is 0 Å². The van der Waals surface area contributed by atoms with Gasteiger partial charge in [-0.25, -0.2) is 0 Å². The number of hydrogen-bond acceptors (Lipinski definition) is 4. The number of benzene rings is 1. The molecule has 0 spiro atoms. The zero-order chi connectivity index (χ0) is 16.2. The third-order valence-electron chi connectivity index (χ3n) is 3.44. The number of aryl methyl sites for hydroxylation is 1. The van der Waals surface area contributed by atoms with Crippen molar-refractivity contribution in [1.82, 2.24) is 4.90 Å². The van der Waals surface area contributed by atoms with Crippen LogP contribution in [0, 0.1) is 19.3 Å². The first-order valence-corrected chi connectivity index (χ1v) is 7.62. The van der Waals surface area contributed by atoms with Crippen molar-refractivity contribution in [3.8, 4) is 12.3 Å². The molecule has 0 aromatic heterocycles. The molecule has 4 heteroatoms. The molecule has 0 radical (unpaired) electrons. The number of aliphatic hydroxyl groups is 1. The lowest BCUT2D eigenvalue weighted by Gasteiger charge is -2.25. The van der Waals surface area contributed by atoms with Gasteiger partial charge in [-0.15, -0.1) is 6.42 Å². The molecule has 1 atom stereocenters. The Balaban J connectivity index is 2.55. The zero-order valence-corrected chi connectivity index (χ0v) is 13.6. The van der Waals surface area contributed by atoms with Crippen LogP contribution in [0.15, 0.2) is 24.3 Å². The van der Waals surface area contributed by atoms with Gasteiger partial charge in [0, 0.05) is 33.4 Å². The van der Waals surface area contributed by atoms with Gasteiger partial charge in [-0.2, -0.15) is 0 Å². The molecule has 0 aliphatic heterocycles. The van der Waals surface area contributed by atoms with E-state index in [0.717, 1.165) is 19.5 Å². The Hall–Kier alpha value is -1.38. The van der Waals surface area contributed by atoms with E-state index in [-0.39, 0.29) is 13.2 Å². The lowest BCUT2D eigenvalue weighted by atomic mass is 10.1. The van der Waals surface area contributed by atoms with Crippen LogP contribution in [0.3, 0.4) is 0 Å². The maximum absolute atomic E-state index is 10.1. The van der Waals surface area contributed by atoms with E-state index in [1.54, 1.807) is 7.11 Å². The fraction of sp³-hybridized carbons (Fsp3) is 0.556. The predicted octanol–water partition coefficient (Wildman–Crippen LogP) is 1.84. The van der Waals surface area contributed by atoms with E-state index in [2.05, 4.69) is 29.9 Å². The van der Waals surface area contributed by atoms with Crippen LogP contribution >= 0.6 is 0 Å². The number of aliphatic hydroxyl groups excluding tert-OH is 1. The summed E-state index contributed by atoms with van der Waals surface area (Å²) in [4.78, 5) is 2.23. The molecule has 0 saturated carbocycles. The van der Waals surface area contributed by atoms with Crippen LogP contribution in [0.2, 0.25) is 0 Å². The Bertz CT molecular complexity index is 456. The van der Waals surface area contributed by atoms with Crippen LogP contribution < -0.4 is 0 Å². The van der Waals surface area contributed by atoms with Crippen molar-refractivity contribution in [2.75, 3.05) is 40.0 Å². The molecule has 0 amide bonds. The minimum absolute atomic E-state index is 0.235. The molecule has 4 nitrogen and oxygen atoms in total. The van der Waals surface area contributed by atoms with Gasteiger partial charge in [0.15, 0.2) is 0 Å². The number of ether oxygens (including phenoxy) is 2. The van der Waals surface area contributed by atoms with Crippen molar-refractivity contribution in [3.05, 3.63) is 35.4 Å². The Labute approximate surface area is 134 Å². The fourth-order valence-corrected chi connectivity index (χ4v) is 2.30. The zero-order valence-electron chi connectivity index (χ0n) is 13.6. The standard InChI is InChI=1S/C18H27NO3/c1-4-11-22-15-18(20)14-19(10-7-12-21-3)13-17-9-6-5-8-16(17)2/h1,5-6,8-9,18,20H,7,10-15H2,2-3H3/t18-/m1/s1. The number of terminal acetylenes is 1. The van der Waals surface area contributed by atoms with Crippen molar-refractivity contribution in [2.24, 2.45) is 0 Å². The average Bonchev–Trinajstić information content (AvgIpc) is 2.50. The van der Waals surface area contributed by atoms with Gasteiger partial charge >= 0.3 is 0 Å². The molecule has 0 saturated heterocycles. The third kappa shape index (κ3) is 7.58. The molecule has 1 aromatic rings. The SMILES string of the molecule is C#CCOC[C@H](O)CN(CCCOC)Cc1ccccc1C. The van der Waals surface area contributed by atoms with Crippen LogP contribution in [0.5, 0.6) is 0 Å². The summed E-state index contributed by atoms with van der Waals surface area (Å²) in [6.07, 6.45) is 5.52. The van der Waals surface area contributed by atoms with Crippen LogP contribution in [0.25, 0.3) is 0 Å². The summed E-state index contributed by atoms with van der Waals surface area (Å²) in [5, 5.41) is 10.1. The second kappa shape index (κ2) is 11.2. The van der Waals surface area contributed by atoms with Crippen LogP contribution in [-0.2, 0) is 16.0 Å². The molecule has 1 rings (SSSR count). The van der Waals surface area contributed by atoms with Crippen LogP contribution in [0.1, 0.15) is 17.5 Å². The van der Waals surface area contributed by atoms with Crippen molar-refractivity contribution in [2.45, 2.75) is 26.0 Å². The summed E-state index contributed by atoms with van der Waals surface area (Å²) in [6, 6.07) is 8.31. The number of nitrogens with zero attached hydrogens (tertiary/aromatic N) is 1. The largest absolute Gasteiger partial charge is 0.389 e. The van der Waals surface area contributed by atoms with Crippen molar-refractivity contribution in [3.63, 3.8) is 0 Å². The molecule has 122 valence electrons. The molecule has 0 unspecified atom stereocenters. The van der Waals surface area contributed by atoms with Gasteiger partial charge in [0.1, 0.15) is 6.61 Å². The first-order valence-electron chi connectivity index (χ1n) is 7.62. The Morgan fingerprint density at radius 3 is 2.82 bits per heavy atom. The van der Waals surface area contributed by atoms with Gasteiger partial charge in [0.05, 0.1) is 12.7 Å². The van der Waals surface area contributed by atoms with Gasteiger partial charge < -0.3 is 14.6 Å². The van der Waals surface area contributed by atoms with Crippen molar-refractivity contribution >= 4 is 0 Å². The second-order valence-corrected chi connectivity index (χ2v) is 5.38. The minimum atomic E-state index is -0.542. The number of hydrogen-bond donors (Lipinski definition) is 1. The lowest BCUT2D eigenvalue weighted by Crippen LogP contribution is -2.35. The Morgan fingerprint density at radius 1 is 1.36 bits per heavy atom. The van der Waals surface area contributed by atoms with E-state index in [1.807, 2.05) is 12.1 Å². The summed E-state index contributed by atoms with van der Waals surface area (Å²) >= 11 is 0. The highest BCUT2D eigenvalue weighted by molar-refractivity contribution is 5.25. The molecule has 0 bridgehead atoms. The summed E-state index contributed by atoms with van der Waals surface area (Å²) in [5.74, 6) is 2.40. The predicted molar refractivity (Wildman–Crippen MR) is 88.6 cm³/mol. The van der Waals surface area contributed by atoms with Gasteiger partial charge in [-0.1, -0.05) is 30.2 Å². The van der Waals surface area contributed by atoms with E-state index in [1.165, 1.54) is 11.1 Å². The molecule has 1 N–H and O–H groups in total. The van der Waals surface area contributed by atoms with E-state index < -0.39 is 6.10 Å². The highest BCUT2D eigenvalue weighted by atomic mass is 16.5. The lowest BCUT2D eigenvalue weighted by molar-refractivity contribution is 0.0244. The summed E-state index contributed by atoms with van der Waals surface area (Å²) in [5.41, 5.74) is 2.54. The van der Waals surface area contributed by atoms with Gasteiger partial charge in [0.25, 0.3) is 0 Å². The number of methoxy groups -OCH3 is 1. The van der Waals surface area contributed by atoms with E-state index in [4.69, 9.17) is 15.9 Å². The fourth-order valence-electron chi connectivity index (χ4n) is 2.30. The molecule has 22 heavy (non-hydrogen) atoms. The highest BCUT2D eigenvalue weighted by Crippen LogP contribution is 2.11. The van der Waals surface area contributed by atoms with E-state index in [9.17, 15) is 5.11 Å². The first kappa shape index (κ1) is 18.7. The molecule has 0 heterocycles. The van der Waals surface area contributed by atoms with Crippen LogP contribution in [-0.4, -0.2) is 56.1 Å². The summed E-state index contributed by atoms with van der Waals surface area (Å²) < 4.78 is 10.3. The van der Waals surface area contributed by atoms with Crippen LogP contribution in [0.4, 0.5) is 0 Å². The summed E-state index contributed by atoms with van der Waals surface area (Å²) in [6.45, 7) is 5.56. The molecular weight excluding hydrogens is 278 g/mol. The molecule has 0 aliphatic carbocycles. The molecule has 0 fully saturated rings. The first-order chi connectivity index (χ1) is 10.7. The molecule has 0 aliphatic rings. The minimum Gasteiger partial charge on any atom is -0.389 e. The van der Waals surface area contributed by atoms with Crippen molar-refractivity contribution in [1.29, 1.82) is 0 Å². The molecule has 1 aromatic carbocycles. The smallest absolute Gasteiger partial charge is 0.107 e. The number of rotatable bonds is 11.